The molecule has 1 atom stereocenters. The fourth-order valence-corrected chi connectivity index (χ4v) is 3.24. The Morgan fingerprint density at radius 2 is 2.18 bits per heavy atom. The lowest BCUT2D eigenvalue weighted by atomic mass is 9.97. The Hall–Kier alpha value is -0.540. The van der Waals surface area contributed by atoms with Crippen LogP contribution in [0.4, 0.5) is 0 Å². The van der Waals surface area contributed by atoms with Crippen molar-refractivity contribution in [1.82, 2.24) is 5.32 Å². The first-order valence-corrected chi connectivity index (χ1v) is 7.03. The molecular weight excluding hydrogens is 278 g/mol. The van der Waals surface area contributed by atoms with E-state index in [1.54, 1.807) is 7.11 Å². The quantitative estimate of drug-likeness (QED) is 0.910. The molecule has 1 aliphatic rings. The van der Waals surface area contributed by atoms with Crippen LogP contribution in [0.2, 0.25) is 0 Å². The summed E-state index contributed by atoms with van der Waals surface area (Å²) in [6.45, 7) is 5.51. The lowest BCUT2D eigenvalue weighted by molar-refractivity contribution is 0.402. The van der Waals surface area contributed by atoms with Crippen LogP contribution in [0.3, 0.4) is 0 Å². The van der Waals surface area contributed by atoms with Gasteiger partial charge in [0.2, 0.25) is 0 Å². The van der Waals surface area contributed by atoms with Crippen LogP contribution >= 0.6 is 15.9 Å². The van der Waals surface area contributed by atoms with Gasteiger partial charge in [-0.1, -0.05) is 29.8 Å². The number of halogens is 1. The molecule has 0 amide bonds. The minimum absolute atomic E-state index is 0.447. The van der Waals surface area contributed by atoms with Gasteiger partial charge in [-0.3, -0.25) is 0 Å². The van der Waals surface area contributed by atoms with Crippen molar-refractivity contribution in [1.29, 1.82) is 0 Å². The summed E-state index contributed by atoms with van der Waals surface area (Å²) in [7, 11) is 1.76. The first-order valence-electron chi connectivity index (χ1n) is 6.24. The van der Waals surface area contributed by atoms with Crippen molar-refractivity contribution in [2.24, 2.45) is 0 Å². The molecule has 1 heterocycles. The second kappa shape index (κ2) is 5.40. The van der Waals surface area contributed by atoms with Crippen molar-refractivity contribution in [3.63, 3.8) is 0 Å². The third kappa shape index (κ3) is 2.66. The molecule has 1 aromatic rings. The zero-order chi connectivity index (χ0) is 12.4. The number of methoxy groups -OCH3 is 1. The van der Waals surface area contributed by atoms with Gasteiger partial charge in [0.1, 0.15) is 5.75 Å². The van der Waals surface area contributed by atoms with E-state index in [2.05, 4.69) is 47.2 Å². The average Bonchev–Trinajstić information content (AvgIpc) is 2.81. The number of rotatable bonds is 3. The SMILES string of the molecule is COc1cc(C(C)C)c(Br)cc1C1CCCN1. The first kappa shape index (κ1) is 12.9. The predicted molar refractivity (Wildman–Crippen MR) is 74.8 cm³/mol. The molecule has 2 nitrogen and oxygen atoms in total. The Bertz CT molecular complexity index is 397. The van der Waals surface area contributed by atoms with Gasteiger partial charge in [-0.15, -0.1) is 0 Å². The van der Waals surface area contributed by atoms with E-state index in [1.165, 1.54) is 28.4 Å². The van der Waals surface area contributed by atoms with Crippen LogP contribution in [0, 0.1) is 0 Å². The molecule has 1 aromatic carbocycles. The molecule has 1 saturated heterocycles. The molecule has 17 heavy (non-hydrogen) atoms. The molecule has 0 saturated carbocycles. The van der Waals surface area contributed by atoms with Crippen LogP contribution in [0.1, 0.15) is 49.8 Å². The molecule has 0 spiro atoms. The summed E-state index contributed by atoms with van der Waals surface area (Å²) >= 11 is 3.67. The van der Waals surface area contributed by atoms with E-state index in [4.69, 9.17) is 4.74 Å². The second-order valence-electron chi connectivity index (χ2n) is 4.92. The van der Waals surface area contributed by atoms with Gasteiger partial charge in [0.15, 0.2) is 0 Å². The summed E-state index contributed by atoms with van der Waals surface area (Å²) < 4.78 is 6.73. The molecule has 1 N–H and O–H groups in total. The molecule has 0 aliphatic carbocycles. The molecule has 0 bridgehead atoms. The third-order valence-electron chi connectivity index (χ3n) is 3.41. The van der Waals surface area contributed by atoms with E-state index in [9.17, 15) is 0 Å². The van der Waals surface area contributed by atoms with Gasteiger partial charge in [0, 0.05) is 16.1 Å². The topological polar surface area (TPSA) is 21.3 Å². The minimum atomic E-state index is 0.447. The molecule has 1 aliphatic heterocycles. The number of hydrogen-bond acceptors (Lipinski definition) is 2. The highest BCUT2D eigenvalue weighted by atomic mass is 79.9. The summed E-state index contributed by atoms with van der Waals surface area (Å²) in [4.78, 5) is 0. The molecule has 1 fully saturated rings. The standard InChI is InChI=1S/C14H20BrNO/c1-9(2)10-8-14(17-3)11(7-12(10)15)13-5-4-6-16-13/h7-9,13,16H,4-6H2,1-3H3. The predicted octanol–water partition coefficient (Wildman–Crippen LogP) is 4.01. The highest BCUT2D eigenvalue weighted by Gasteiger charge is 2.21. The van der Waals surface area contributed by atoms with E-state index in [1.807, 2.05) is 0 Å². The van der Waals surface area contributed by atoms with Crippen LogP contribution in [0.5, 0.6) is 5.75 Å². The fourth-order valence-electron chi connectivity index (χ4n) is 2.43. The zero-order valence-electron chi connectivity index (χ0n) is 10.7. The monoisotopic (exact) mass is 297 g/mol. The van der Waals surface area contributed by atoms with Crippen LogP contribution in [-0.2, 0) is 0 Å². The summed E-state index contributed by atoms with van der Waals surface area (Å²) in [5, 5.41) is 3.52. The van der Waals surface area contributed by atoms with Crippen molar-refractivity contribution < 1.29 is 4.74 Å². The molecule has 94 valence electrons. The largest absolute Gasteiger partial charge is 0.496 e. The second-order valence-corrected chi connectivity index (χ2v) is 5.77. The van der Waals surface area contributed by atoms with Crippen LogP contribution in [0.15, 0.2) is 16.6 Å². The minimum Gasteiger partial charge on any atom is -0.496 e. The van der Waals surface area contributed by atoms with E-state index in [-0.39, 0.29) is 0 Å². The highest BCUT2D eigenvalue weighted by molar-refractivity contribution is 9.10. The van der Waals surface area contributed by atoms with Gasteiger partial charge in [-0.05, 0) is 43.0 Å². The Balaban J connectivity index is 2.41. The van der Waals surface area contributed by atoms with Crippen LogP contribution in [-0.4, -0.2) is 13.7 Å². The normalized spacial score (nSPS) is 19.9. The van der Waals surface area contributed by atoms with E-state index in [0.717, 1.165) is 12.3 Å². The Labute approximate surface area is 112 Å². The van der Waals surface area contributed by atoms with Gasteiger partial charge in [0.25, 0.3) is 0 Å². The Kier molecular flexibility index (Phi) is 4.10. The fraction of sp³-hybridized carbons (Fsp3) is 0.571. The maximum atomic E-state index is 5.54. The number of ether oxygens (including phenoxy) is 1. The third-order valence-corrected chi connectivity index (χ3v) is 4.09. The lowest BCUT2D eigenvalue weighted by Gasteiger charge is -2.19. The van der Waals surface area contributed by atoms with Crippen LogP contribution < -0.4 is 10.1 Å². The van der Waals surface area contributed by atoms with Gasteiger partial charge < -0.3 is 10.1 Å². The Morgan fingerprint density at radius 1 is 1.41 bits per heavy atom. The summed E-state index contributed by atoms with van der Waals surface area (Å²) in [6.07, 6.45) is 2.45. The molecule has 2 rings (SSSR count). The van der Waals surface area contributed by atoms with Crippen molar-refractivity contribution >= 4 is 15.9 Å². The molecule has 0 aromatic heterocycles. The smallest absolute Gasteiger partial charge is 0.123 e. The number of nitrogens with one attached hydrogen (secondary N) is 1. The van der Waals surface area contributed by atoms with Crippen LogP contribution in [0.25, 0.3) is 0 Å². The van der Waals surface area contributed by atoms with E-state index >= 15 is 0 Å². The maximum Gasteiger partial charge on any atom is 0.123 e. The molecule has 0 radical (unpaired) electrons. The average molecular weight is 298 g/mol. The summed E-state index contributed by atoms with van der Waals surface area (Å²) in [5.74, 6) is 1.51. The highest BCUT2D eigenvalue weighted by Crippen LogP contribution is 2.37. The maximum absolute atomic E-state index is 5.54. The molecular formula is C14H20BrNO. The van der Waals surface area contributed by atoms with Gasteiger partial charge >= 0.3 is 0 Å². The summed E-state index contributed by atoms with van der Waals surface area (Å²) in [6, 6.07) is 4.84. The van der Waals surface area contributed by atoms with Crippen molar-refractivity contribution in [2.45, 2.75) is 38.6 Å². The number of hydrogen-bond donors (Lipinski definition) is 1. The van der Waals surface area contributed by atoms with E-state index < -0.39 is 0 Å². The Morgan fingerprint density at radius 3 is 2.71 bits per heavy atom. The van der Waals surface area contributed by atoms with Gasteiger partial charge in [-0.2, -0.15) is 0 Å². The summed E-state index contributed by atoms with van der Waals surface area (Å²) in [5.41, 5.74) is 2.59. The zero-order valence-corrected chi connectivity index (χ0v) is 12.3. The van der Waals surface area contributed by atoms with E-state index in [0.29, 0.717) is 12.0 Å². The molecule has 3 heteroatoms. The van der Waals surface area contributed by atoms with Gasteiger partial charge in [0.05, 0.1) is 7.11 Å². The van der Waals surface area contributed by atoms with Crippen molar-refractivity contribution in [3.05, 3.63) is 27.7 Å². The van der Waals surface area contributed by atoms with Crippen molar-refractivity contribution in [3.8, 4) is 5.75 Å². The van der Waals surface area contributed by atoms with Crippen molar-refractivity contribution in [2.75, 3.05) is 13.7 Å². The lowest BCUT2D eigenvalue weighted by Crippen LogP contribution is -2.14. The number of benzene rings is 1. The van der Waals surface area contributed by atoms with Gasteiger partial charge in [-0.25, -0.2) is 0 Å². The first-order chi connectivity index (χ1) is 8.13. The molecule has 1 unspecified atom stereocenters.